The normalized spacial score (nSPS) is 13.9. The number of hydrogen-bond acceptors (Lipinski definition) is 4. The van der Waals surface area contributed by atoms with E-state index < -0.39 is 10.0 Å². The molecule has 0 saturated carbocycles. The van der Waals surface area contributed by atoms with Crippen LogP contribution < -0.4 is 14.8 Å². The minimum atomic E-state index is -3.61. The van der Waals surface area contributed by atoms with Gasteiger partial charge in [-0.2, -0.15) is 0 Å². The minimum Gasteiger partial charge on any atom is -0.492 e. The number of aryl methyl sites for hydroxylation is 2. The second kappa shape index (κ2) is 7.25. The van der Waals surface area contributed by atoms with Gasteiger partial charge >= 0.3 is 0 Å². The highest BCUT2D eigenvalue weighted by Crippen LogP contribution is 2.25. The molecule has 1 heterocycles. The van der Waals surface area contributed by atoms with Crippen LogP contribution in [0.4, 0.5) is 5.69 Å². The summed E-state index contributed by atoms with van der Waals surface area (Å²) in [5, 5.41) is 2.74. The summed E-state index contributed by atoms with van der Waals surface area (Å²) in [6.45, 7) is 2.40. The zero-order valence-electron chi connectivity index (χ0n) is 13.9. The first kappa shape index (κ1) is 17.4. The van der Waals surface area contributed by atoms with E-state index in [1.807, 2.05) is 31.2 Å². The average molecular weight is 360 g/mol. The standard InChI is InChI=1S/C18H20N2O4S/c1-13-2-5-15(6-3-13)24-11-10-19-25(22,23)16-7-8-17-14(12-16)4-9-18(21)20-17/h2-3,5-8,12,19H,4,9-11H2,1H3,(H,20,21). The van der Waals surface area contributed by atoms with Crippen LogP contribution in [-0.2, 0) is 21.2 Å². The molecule has 1 aliphatic rings. The Hall–Kier alpha value is -2.38. The van der Waals surface area contributed by atoms with Gasteiger partial charge in [0.15, 0.2) is 0 Å². The van der Waals surface area contributed by atoms with Gasteiger partial charge < -0.3 is 10.1 Å². The van der Waals surface area contributed by atoms with Gasteiger partial charge in [0.05, 0.1) is 4.90 Å². The highest BCUT2D eigenvalue weighted by Gasteiger charge is 2.19. The van der Waals surface area contributed by atoms with Gasteiger partial charge in [-0.25, -0.2) is 13.1 Å². The van der Waals surface area contributed by atoms with Crippen molar-refractivity contribution in [2.75, 3.05) is 18.5 Å². The number of nitrogens with one attached hydrogen (secondary N) is 2. The molecule has 132 valence electrons. The van der Waals surface area contributed by atoms with Crippen molar-refractivity contribution in [2.24, 2.45) is 0 Å². The van der Waals surface area contributed by atoms with Crippen molar-refractivity contribution in [1.82, 2.24) is 4.72 Å². The monoisotopic (exact) mass is 360 g/mol. The molecule has 2 N–H and O–H groups in total. The SMILES string of the molecule is Cc1ccc(OCCNS(=O)(=O)c2ccc3c(c2)CCC(=O)N3)cc1. The molecule has 7 heteroatoms. The van der Waals surface area contributed by atoms with Crippen LogP contribution in [0, 0.1) is 6.92 Å². The number of sulfonamides is 1. The van der Waals surface area contributed by atoms with Crippen molar-refractivity contribution >= 4 is 21.6 Å². The zero-order chi connectivity index (χ0) is 17.9. The molecule has 1 amide bonds. The summed E-state index contributed by atoms with van der Waals surface area (Å²) >= 11 is 0. The van der Waals surface area contributed by atoms with Crippen LogP contribution >= 0.6 is 0 Å². The van der Waals surface area contributed by atoms with E-state index in [0.717, 1.165) is 11.1 Å². The van der Waals surface area contributed by atoms with Crippen molar-refractivity contribution in [2.45, 2.75) is 24.7 Å². The number of anilines is 1. The Labute approximate surface area is 147 Å². The highest BCUT2D eigenvalue weighted by atomic mass is 32.2. The quantitative estimate of drug-likeness (QED) is 0.774. The van der Waals surface area contributed by atoms with Crippen LogP contribution in [0.2, 0.25) is 0 Å². The van der Waals surface area contributed by atoms with E-state index in [1.165, 1.54) is 6.07 Å². The van der Waals surface area contributed by atoms with Crippen LogP contribution in [0.1, 0.15) is 17.5 Å². The summed E-state index contributed by atoms with van der Waals surface area (Å²) in [6.07, 6.45) is 0.912. The Morgan fingerprint density at radius 3 is 2.64 bits per heavy atom. The van der Waals surface area contributed by atoms with Crippen LogP contribution in [0.15, 0.2) is 47.4 Å². The molecule has 0 spiro atoms. The molecule has 0 unspecified atom stereocenters. The molecule has 0 aliphatic carbocycles. The second-order valence-corrected chi connectivity index (χ2v) is 7.69. The molecule has 0 bridgehead atoms. The fourth-order valence-corrected chi connectivity index (χ4v) is 3.65. The lowest BCUT2D eigenvalue weighted by molar-refractivity contribution is -0.116. The van der Waals surface area contributed by atoms with Gasteiger partial charge in [0, 0.05) is 18.7 Å². The second-order valence-electron chi connectivity index (χ2n) is 5.93. The Morgan fingerprint density at radius 2 is 1.88 bits per heavy atom. The van der Waals surface area contributed by atoms with Crippen LogP contribution in [0.25, 0.3) is 0 Å². The van der Waals surface area contributed by atoms with Crippen LogP contribution in [0.3, 0.4) is 0 Å². The fourth-order valence-electron chi connectivity index (χ4n) is 2.59. The first-order valence-electron chi connectivity index (χ1n) is 8.06. The summed E-state index contributed by atoms with van der Waals surface area (Å²) in [5.41, 5.74) is 2.65. The van der Waals surface area contributed by atoms with Gasteiger partial charge in [-0.1, -0.05) is 17.7 Å². The average Bonchev–Trinajstić information content (AvgIpc) is 2.59. The maximum Gasteiger partial charge on any atom is 0.240 e. The molecule has 0 saturated heterocycles. The molecule has 0 atom stereocenters. The van der Waals surface area contributed by atoms with Crippen molar-refractivity contribution in [3.8, 4) is 5.75 Å². The van der Waals surface area contributed by atoms with Gasteiger partial charge in [-0.15, -0.1) is 0 Å². The third-order valence-corrected chi connectivity index (χ3v) is 5.43. The van der Waals surface area contributed by atoms with E-state index in [-0.39, 0.29) is 24.0 Å². The largest absolute Gasteiger partial charge is 0.492 e. The fraction of sp³-hybridized carbons (Fsp3) is 0.278. The molecule has 0 aromatic heterocycles. The Balaban J connectivity index is 1.58. The number of benzene rings is 2. The number of carbonyl (C=O) groups is 1. The van der Waals surface area contributed by atoms with Crippen LogP contribution in [-0.4, -0.2) is 27.5 Å². The van der Waals surface area contributed by atoms with Crippen molar-refractivity contribution in [3.63, 3.8) is 0 Å². The Bertz CT molecular complexity index is 876. The summed E-state index contributed by atoms with van der Waals surface area (Å²) in [4.78, 5) is 11.6. The predicted molar refractivity (Wildman–Crippen MR) is 95.3 cm³/mol. The molecule has 25 heavy (non-hydrogen) atoms. The van der Waals surface area contributed by atoms with Crippen molar-refractivity contribution < 1.29 is 17.9 Å². The van der Waals surface area contributed by atoms with Gasteiger partial charge in [0.2, 0.25) is 15.9 Å². The Kier molecular flexibility index (Phi) is 5.06. The molecule has 1 aliphatic heterocycles. The number of carbonyl (C=O) groups excluding carboxylic acids is 1. The lowest BCUT2D eigenvalue weighted by Crippen LogP contribution is -2.28. The first-order chi connectivity index (χ1) is 11.9. The Morgan fingerprint density at radius 1 is 1.12 bits per heavy atom. The predicted octanol–water partition coefficient (Wildman–Crippen LogP) is 2.24. The van der Waals surface area contributed by atoms with E-state index in [1.54, 1.807) is 12.1 Å². The van der Waals surface area contributed by atoms with E-state index in [0.29, 0.717) is 24.3 Å². The molecule has 0 fully saturated rings. The summed E-state index contributed by atoms with van der Waals surface area (Å²) < 4.78 is 32.8. The topological polar surface area (TPSA) is 84.5 Å². The summed E-state index contributed by atoms with van der Waals surface area (Å²) in [5.74, 6) is 0.656. The van der Waals surface area contributed by atoms with Gasteiger partial charge in [0.25, 0.3) is 0 Å². The van der Waals surface area contributed by atoms with Gasteiger partial charge in [-0.05, 0) is 49.2 Å². The minimum absolute atomic E-state index is 0.0468. The van der Waals surface area contributed by atoms with Gasteiger partial charge in [-0.3, -0.25) is 4.79 Å². The zero-order valence-corrected chi connectivity index (χ0v) is 14.7. The number of hydrogen-bond donors (Lipinski definition) is 2. The summed E-state index contributed by atoms with van der Waals surface area (Å²) in [7, 11) is -3.61. The first-order valence-corrected chi connectivity index (χ1v) is 9.54. The van der Waals surface area contributed by atoms with E-state index in [9.17, 15) is 13.2 Å². The molecule has 3 rings (SSSR count). The molecule has 2 aromatic carbocycles. The maximum absolute atomic E-state index is 12.4. The molecule has 6 nitrogen and oxygen atoms in total. The number of fused-ring (bicyclic) bond motifs is 1. The van der Waals surface area contributed by atoms with E-state index in [4.69, 9.17) is 4.74 Å². The van der Waals surface area contributed by atoms with Crippen LogP contribution in [0.5, 0.6) is 5.75 Å². The molecular formula is C18H20N2O4S. The lowest BCUT2D eigenvalue weighted by atomic mass is 10.0. The summed E-state index contributed by atoms with van der Waals surface area (Å²) in [6, 6.07) is 12.3. The van der Waals surface area contributed by atoms with Crippen molar-refractivity contribution in [1.29, 1.82) is 0 Å². The maximum atomic E-state index is 12.4. The third kappa shape index (κ3) is 4.37. The highest BCUT2D eigenvalue weighted by molar-refractivity contribution is 7.89. The number of ether oxygens (including phenoxy) is 1. The van der Waals surface area contributed by atoms with Crippen molar-refractivity contribution in [3.05, 3.63) is 53.6 Å². The van der Waals surface area contributed by atoms with E-state index in [2.05, 4.69) is 10.0 Å². The smallest absolute Gasteiger partial charge is 0.240 e. The van der Waals surface area contributed by atoms with E-state index >= 15 is 0 Å². The number of amides is 1. The number of rotatable bonds is 6. The van der Waals surface area contributed by atoms with Gasteiger partial charge in [0.1, 0.15) is 12.4 Å². The molecule has 0 radical (unpaired) electrons. The lowest BCUT2D eigenvalue weighted by Gasteiger charge is -2.17. The third-order valence-electron chi connectivity index (χ3n) is 3.97. The molecule has 2 aromatic rings. The molecular weight excluding hydrogens is 340 g/mol.